The van der Waals surface area contributed by atoms with Gasteiger partial charge in [0.05, 0.1) is 0 Å². The van der Waals surface area contributed by atoms with Gasteiger partial charge in [-0.1, -0.05) is 53.4 Å². The highest BCUT2D eigenvalue weighted by Crippen LogP contribution is 2.43. The molecule has 2 heteroatoms. The predicted molar refractivity (Wildman–Crippen MR) is 78.0 cm³/mol. The Morgan fingerprint density at radius 3 is 1.29 bits per heavy atom. The fraction of sp³-hybridized carbons (Fsp3) is 1.00. The van der Waals surface area contributed by atoms with Crippen LogP contribution in [0.3, 0.4) is 0 Å². The van der Waals surface area contributed by atoms with Gasteiger partial charge >= 0.3 is 0 Å². The Bertz CT molecular complexity index is 177. The van der Waals surface area contributed by atoms with Crippen LogP contribution >= 0.6 is 0 Å². The molecule has 0 aromatic rings. The lowest BCUT2D eigenvalue weighted by Gasteiger charge is -2.49. The second-order valence-electron chi connectivity index (χ2n) is 5.64. The summed E-state index contributed by atoms with van der Waals surface area (Å²) in [7, 11) is 0. The maximum absolute atomic E-state index is 6.80. The summed E-state index contributed by atoms with van der Waals surface area (Å²) >= 11 is 0. The molecule has 4 N–H and O–H groups in total. The molecular weight excluding hydrogens is 208 g/mol. The molecule has 0 fully saturated rings. The summed E-state index contributed by atoms with van der Waals surface area (Å²) in [6.07, 6.45) is 9.25. The standard InChI is InChI=1S/C15H34N2/c1-5-9-14(13-16,10-6-2)15(17,11-7-3)12-8-4/h5-13,16-17H2,1-4H3. The lowest BCUT2D eigenvalue weighted by atomic mass is 9.61. The molecule has 0 aliphatic rings. The van der Waals surface area contributed by atoms with E-state index in [1.54, 1.807) is 0 Å². The van der Waals surface area contributed by atoms with Gasteiger partial charge in [-0.2, -0.15) is 0 Å². The first-order valence-corrected chi connectivity index (χ1v) is 7.54. The monoisotopic (exact) mass is 242 g/mol. The van der Waals surface area contributed by atoms with Gasteiger partial charge < -0.3 is 11.5 Å². The van der Waals surface area contributed by atoms with E-state index in [9.17, 15) is 0 Å². The average molecular weight is 242 g/mol. The van der Waals surface area contributed by atoms with Crippen molar-refractivity contribution in [2.45, 2.75) is 84.6 Å². The van der Waals surface area contributed by atoms with E-state index in [0.717, 1.165) is 32.2 Å². The maximum atomic E-state index is 6.80. The first-order valence-electron chi connectivity index (χ1n) is 7.54. The number of rotatable bonds is 10. The van der Waals surface area contributed by atoms with E-state index in [1.165, 1.54) is 25.7 Å². The smallest absolute Gasteiger partial charge is 0.0223 e. The van der Waals surface area contributed by atoms with Gasteiger partial charge in [-0.25, -0.2) is 0 Å². The average Bonchev–Trinajstić information content (AvgIpc) is 2.29. The fourth-order valence-corrected chi connectivity index (χ4v) is 3.53. The van der Waals surface area contributed by atoms with Gasteiger partial charge in [0, 0.05) is 11.0 Å². The highest BCUT2D eigenvalue weighted by molar-refractivity contribution is 5.02. The van der Waals surface area contributed by atoms with Crippen molar-refractivity contribution in [3.05, 3.63) is 0 Å². The van der Waals surface area contributed by atoms with Crippen molar-refractivity contribution < 1.29 is 0 Å². The SMILES string of the molecule is CCCC(N)(CCC)C(CN)(CCC)CCC. The zero-order valence-corrected chi connectivity index (χ0v) is 12.5. The third kappa shape index (κ3) is 3.96. The van der Waals surface area contributed by atoms with Crippen LogP contribution in [0.25, 0.3) is 0 Å². The molecule has 0 atom stereocenters. The van der Waals surface area contributed by atoms with Crippen molar-refractivity contribution in [2.24, 2.45) is 16.9 Å². The van der Waals surface area contributed by atoms with Crippen LogP contribution in [0, 0.1) is 5.41 Å². The molecule has 0 aliphatic heterocycles. The highest BCUT2D eigenvalue weighted by atomic mass is 14.8. The Kier molecular flexibility index (Phi) is 8.06. The molecule has 0 aromatic heterocycles. The molecule has 0 saturated heterocycles. The maximum Gasteiger partial charge on any atom is 0.0223 e. The molecule has 0 bridgehead atoms. The van der Waals surface area contributed by atoms with Gasteiger partial charge in [-0.05, 0) is 32.2 Å². The van der Waals surface area contributed by atoms with Crippen LogP contribution in [-0.4, -0.2) is 12.1 Å². The van der Waals surface area contributed by atoms with E-state index < -0.39 is 0 Å². The molecule has 0 unspecified atom stereocenters. The van der Waals surface area contributed by atoms with Crippen LogP contribution in [0.5, 0.6) is 0 Å². The van der Waals surface area contributed by atoms with Crippen LogP contribution < -0.4 is 11.5 Å². The first-order chi connectivity index (χ1) is 8.05. The zero-order valence-electron chi connectivity index (χ0n) is 12.5. The van der Waals surface area contributed by atoms with Gasteiger partial charge in [0.1, 0.15) is 0 Å². The molecular formula is C15H34N2. The molecule has 17 heavy (non-hydrogen) atoms. The third-order valence-electron chi connectivity index (χ3n) is 4.30. The number of hydrogen-bond acceptors (Lipinski definition) is 2. The fourth-order valence-electron chi connectivity index (χ4n) is 3.53. The summed E-state index contributed by atoms with van der Waals surface area (Å²) < 4.78 is 0. The summed E-state index contributed by atoms with van der Waals surface area (Å²) in [4.78, 5) is 0. The van der Waals surface area contributed by atoms with Gasteiger partial charge in [0.15, 0.2) is 0 Å². The molecule has 0 amide bonds. The molecule has 0 heterocycles. The summed E-state index contributed by atoms with van der Waals surface area (Å²) in [5.74, 6) is 0. The van der Waals surface area contributed by atoms with Crippen LogP contribution in [0.2, 0.25) is 0 Å². The van der Waals surface area contributed by atoms with Crippen molar-refractivity contribution >= 4 is 0 Å². The Balaban J connectivity index is 5.15. The molecule has 2 nitrogen and oxygen atoms in total. The Morgan fingerprint density at radius 1 is 0.706 bits per heavy atom. The normalized spacial score (nSPS) is 13.1. The van der Waals surface area contributed by atoms with Gasteiger partial charge in [0.25, 0.3) is 0 Å². The molecule has 0 aliphatic carbocycles. The Morgan fingerprint density at radius 2 is 1.06 bits per heavy atom. The molecule has 0 radical (unpaired) electrons. The molecule has 0 aromatic carbocycles. The quantitative estimate of drug-likeness (QED) is 0.612. The summed E-state index contributed by atoms with van der Waals surface area (Å²) in [6.45, 7) is 9.70. The van der Waals surface area contributed by atoms with Crippen molar-refractivity contribution in [1.29, 1.82) is 0 Å². The molecule has 0 spiro atoms. The highest BCUT2D eigenvalue weighted by Gasteiger charge is 2.44. The number of hydrogen-bond donors (Lipinski definition) is 2. The van der Waals surface area contributed by atoms with E-state index in [0.29, 0.717) is 0 Å². The summed E-state index contributed by atoms with van der Waals surface area (Å²) in [6, 6.07) is 0. The van der Waals surface area contributed by atoms with E-state index in [2.05, 4.69) is 27.7 Å². The second-order valence-corrected chi connectivity index (χ2v) is 5.64. The molecule has 0 rings (SSSR count). The van der Waals surface area contributed by atoms with E-state index in [1.807, 2.05) is 0 Å². The van der Waals surface area contributed by atoms with Crippen LogP contribution in [0.4, 0.5) is 0 Å². The topological polar surface area (TPSA) is 52.0 Å². The zero-order chi connectivity index (χ0) is 13.4. The summed E-state index contributed by atoms with van der Waals surface area (Å²) in [5.41, 5.74) is 13.0. The van der Waals surface area contributed by atoms with Crippen molar-refractivity contribution in [3.8, 4) is 0 Å². The van der Waals surface area contributed by atoms with E-state index >= 15 is 0 Å². The van der Waals surface area contributed by atoms with E-state index in [-0.39, 0.29) is 11.0 Å². The van der Waals surface area contributed by atoms with Crippen molar-refractivity contribution in [2.75, 3.05) is 6.54 Å². The van der Waals surface area contributed by atoms with Crippen LogP contribution in [0.1, 0.15) is 79.1 Å². The minimum Gasteiger partial charge on any atom is -0.330 e. The van der Waals surface area contributed by atoms with Crippen LogP contribution in [-0.2, 0) is 0 Å². The van der Waals surface area contributed by atoms with Crippen molar-refractivity contribution in [3.63, 3.8) is 0 Å². The minimum absolute atomic E-state index is 0.0583. The molecule has 104 valence electrons. The Hall–Kier alpha value is -0.0800. The first kappa shape index (κ1) is 16.9. The molecule has 0 saturated carbocycles. The Labute approximate surface area is 109 Å². The van der Waals surface area contributed by atoms with Gasteiger partial charge in [-0.3, -0.25) is 0 Å². The van der Waals surface area contributed by atoms with E-state index in [4.69, 9.17) is 11.5 Å². The number of nitrogens with two attached hydrogens (primary N) is 2. The minimum atomic E-state index is -0.0583. The lowest BCUT2D eigenvalue weighted by Crippen LogP contribution is -2.58. The largest absolute Gasteiger partial charge is 0.330 e. The predicted octanol–water partition coefficient (Wildman–Crippen LogP) is 3.83. The second kappa shape index (κ2) is 8.10. The van der Waals surface area contributed by atoms with Gasteiger partial charge in [-0.15, -0.1) is 0 Å². The summed E-state index contributed by atoms with van der Waals surface area (Å²) in [5, 5.41) is 0. The third-order valence-corrected chi connectivity index (χ3v) is 4.30. The van der Waals surface area contributed by atoms with Crippen molar-refractivity contribution in [1.82, 2.24) is 0 Å². The van der Waals surface area contributed by atoms with Gasteiger partial charge in [0.2, 0.25) is 0 Å². The van der Waals surface area contributed by atoms with Crippen LogP contribution in [0.15, 0.2) is 0 Å². The lowest BCUT2D eigenvalue weighted by molar-refractivity contribution is 0.0804.